The van der Waals surface area contributed by atoms with Crippen LogP contribution in [0.2, 0.25) is 0 Å². The molecule has 1 aliphatic rings. The lowest BCUT2D eigenvalue weighted by Gasteiger charge is -2.27. The number of carbonyl (C=O) groups is 1. The molecule has 2 aromatic heterocycles. The summed E-state index contributed by atoms with van der Waals surface area (Å²) in [6, 6.07) is 3.01. The second kappa shape index (κ2) is 6.79. The Morgan fingerprint density at radius 1 is 1.40 bits per heavy atom. The Labute approximate surface area is 145 Å². The van der Waals surface area contributed by atoms with E-state index in [1.807, 2.05) is 11.8 Å². The van der Waals surface area contributed by atoms with Crippen LogP contribution < -0.4 is 10.2 Å². The average molecular weight is 365 g/mol. The van der Waals surface area contributed by atoms with Crippen LogP contribution in [0.1, 0.15) is 29.6 Å². The van der Waals surface area contributed by atoms with Crippen molar-refractivity contribution in [3.63, 3.8) is 0 Å². The van der Waals surface area contributed by atoms with Crippen molar-refractivity contribution in [2.24, 2.45) is 0 Å². The van der Waals surface area contributed by atoms with E-state index in [4.69, 9.17) is 4.52 Å². The summed E-state index contributed by atoms with van der Waals surface area (Å²) in [5.41, 5.74) is 0.171. The van der Waals surface area contributed by atoms with Gasteiger partial charge in [0.05, 0.1) is 11.5 Å². The maximum absolute atomic E-state index is 12.3. The van der Waals surface area contributed by atoms with Gasteiger partial charge in [-0.1, -0.05) is 5.16 Å². The molecule has 1 fully saturated rings. The first-order valence-electron chi connectivity index (χ1n) is 7.92. The maximum Gasteiger partial charge on any atom is 0.275 e. The molecule has 1 aliphatic heterocycles. The van der Waals surface area contributed by atoms with E-state index in [1.165, 1.54) is 6.33 Å². The molecule has 1 atom stereocenters. The van der Waals surface area contributed by atoms with E-state index in [9.17, 15) is 13.2 Å². The van der Waals surface area contributed by atoms with E-state index in [0.29, 0.717) is 30.4 Å². The molecule has 1 N–H and O–H groups in total. The van der Waals surface area contributed by atoms with E-state index in [1.54, 1.807) is 19.1 Å². The van der Waals surface area contributed by atoms with Gasteiger partial charge in [0, 0.05) is 24.7 Å². The summed E-state index contributed by atoms with van der Waals surface area (Å²) in [6.45, 7) is 4.23. The van der Waals surface area contributed by atoms with Crippen LogP contribution in [0, 0.1) is 6.92 Å². The zero-order valence-electron chi connectivity index (χ0n) is 14.0. The standard InChI is InChI=1S/C15H19N5O4S/c1-3-20(11-4-5-25(22,23)8-11)14-7-12(16-9-17-14)15(21)18-13-6-10(2)24-19-13/h6-7,9,11H,3-5,8H2,1-2H3,(H,18,19,21). The molecule has 0 radical (unpaired) electrons. The molecule has 0 aromatic carbocycles. The minimum atomic E-state index is -3.01. The minimum absolute atomic E-state index is 0.102. The number of nitrogens with one attached hydrogen (secondary N) is 1. The number of amides is 1. The molecule has 10 heteroatoms. The minimum Gasteiger partial charge on any atom is -0.360 e. The van der Waals surface area contributed by atoms with Crippen molar-refractivity contribution in [2.45, 2.75) is 26.3 Å². The predicted octanol–water partition coefficient (Wildman–Crippen LogP) is 1.04. The molecule has 3 heterocycles. The van der Waals surface area contributed by atoms with Crippen LogP contribution in [0.5, 0.6) is 0 Å². The highest BCUT2D eigenvalue weighted by molar-refractivity contribution is 7.91. The van der Waals surface area contributed by atoms with Crippen LogP contribution in [0.25, 0.3) is 0 Å². The third kappa shape index (κ3) is 3.95. The fourth-order valence-corrected chi connectivity index (χ4v) is 4.59. The quantitative estimate of drug-likeness (QED) is 0.835. The van der Waals surface area contributed by atoms with Crippen LogP contribution in [0.3, 0.4) is 0 Å². The molecule has 3 rings (SSSR count). The molecule has 25 heavy (non-hydrogen) atoms. The normalized spacial score (nSPS) is 18.9. The Morgan fingerprint density at radius 2 is 2.20 bits per heavy atom. The van der Waals surface area contributed by atoms with Crippen molar-refractivity contribution >= 4 is 27.4 Å². The summed E-state index contributed by atoms with van der Waals surface area (Å²) in [5.74, 6) is 1.26. The fourth-order valence-electron chi connectivity index (χ4n) is 2.86. The topological polar surface area (TPSA) is 118 Å². The van der Waals surface area contributed by atoms with Crippen LogP contribution >= 0.6 is 0 Å². The Hall–Kier alpha value is -2.49. The zero-order valence-corrected chi connectivity index (χ0v) is 14.8. The number of anilines is 2. The lowest BCUT2D eigenvalue weighted by Crippen LogP contribution is -2.37. The van der Waals surface area contributed by atoms with Crippen LogP contribution in [0.15, 0.2) is 23.0 Å². The maximum atomic E-state index is 12.3. The summed E-state index contributed by atoms with van der Waals surface area (Å²) in [7, 11) is -3.01. The highest BCUT2D eigenvalue weighted by atomic mass is 32.2. The summed E-state index contributed by atoms with van der Waals surface area (Å²) in [6.07, 6.45) is 1.85. The fraction of sp³-hybridized carbons (Fsp3) is 0.467. The van der Waals surface area contributed by atoms with Gasteiger partial charge in [-0.3, -0.25) is 4.79 Å². The van der Waals surface area contributed by atoms with E-state index >= 15 is 0 Å². The second-order valence-electron chi connectivity index (χ2n) is 5.88. The molecule has 1 saturated heterocycles. The summed E-state index contributed by atoms with van der Waals surface area (Å²) in [5, 5.41) is 6.30. The van der Waals surface area contributed by atoms with Crippen molar-refractivity contribution in [2.75, 3.05) is 28.3 Å². The third-order valence-electron chi connectivity index (χ3n) is 4.04. The number of aryl methyl sites for hydroxylation is 1. The molecule has 0 spiro atoms. The van der Waals surface area contributed by atoms with Crippen LogP contribution in [0.4, 0.5) is 11.6 Å². The first-order valence-corrected chi connectivity index (χ1v) is 9.74. The van der Waals surface area contributed by atoms with Crippen molar-refractivity contribution in [1.82, 2.24) is 15.1 Å². The first kappa shape index (κ1) is 17.3. The van der Waals surface area contributed by atoms with Gasteiger partial charge >= 0.3 is 0 Å². The van der Waals surface area contributed by atoms with Crippen molar-refractivity contribution < 1.29 is 17.7 Å². The van der Waals surface area contributed by atoms with Crippen molar-refractivity contribution in [1.29, 1.82) is 0 Å². The van der Waals surface area contributed by atoms with Gasteiger partial charge < -0.3 is 14.7 Å². The Morgan fingerprint density at radius 3 is 2.80 bits per heavy atom. The molecular formula is C15H19N5O4S. The summed E-state index contributed by atoms with van der Waals surface area (Å²) in [4.78, 5) is 22.4. The lowest BCUT2D eigenvalue weighted by atomic mass is 10.2. The third-order valence-corrected chi connectivity index (χ3v) is 5.79. The molecule has 2 aromatic rings. The van der Waals surface area contributed by atoms with E-state index in [-0.39, 0.29) is 23.2 Å². The van der Waals surface area contributed by atoms with Gasteiger partial charge in [-0.05, 0) is 20.3 Å². The molecule has 0 bridgehead atoms. The highest BCUT2D eigenvalue weighted by Crippen LogP contribution is 2.23. The Kier molecular flexibility index (Phi) is 4.71. The van der Waals surface area contributed by atoms with Gasteiger partial charge in [0.1, 0.15) is 23.6 Å². The van der Waals surface area contributed by atoms with Crippen molar-refractivity contribution in [3.05, 3.63) is 29.9 Å². The van der Waals surface area contributed by atoms with Gasteiger partial charge in [0.25, 0.3) is 5.91 Å². The average Bonchev–Trinajstić information content (AvgIpc) is 3.14. The molecule has 1 amide bonds. The smallest absolute Gasteiger partial charge is 0.275 e. The molecule has 1 unspecified atom stereocenters. The molecule has 134 valence electrons. The van der Waals surface area contributed by atoms with E-state index in [2.05, 4.69) is 20.4 Å². The molecule has 0 saturated carbocycles. The number of carbonyl (C=O) groups excluding carboxylic acids is 1. The number of hydrogen-bond acceptors (Lipinski definition) is 8. The Balaban J connectivity index is 1.79. The lowest BCUT2D eigenvalue weighted by molar-refractivity contribution is 0.102. The summed E-state index contributed by atoms with van der Waals surface area (Å²) >= 11 is 0. The van der Waals surface area contributed by atoms with Crippen LogP contribution in [-0.2, 0) is 9.84 Å². The van der Waals surface area contributed by atoms with Gasteiger partial charge in [0.15, 0.2) is 15.7 Å². The molecule has 9 nitrogen and oxygen atoms in total. The highest BCUT2D eigenvalue weighted by Gasteiger charge is 2.32. The number of rotatable bonds is 5. The van der Waals surface area contributed by atoms with Gasteiger partial charge in [-0.2, -0.15) is 0 Å². The molecular weight excluding hydrogens is 346 g/mol. The number of nitrogens with zero attached hydrogens (tertiary/aromatic N) is 4. The van der Waals surface area contributed by atoms with Crippen LogP contribution in [-0.4, -0.2) is 53.5 Å². The SMILES string of the molecule is CCN(c1cc(C(=O)Nc2cc(C)on2)ncn1)C1CCS(=O)(=O)C1. The monoisotopic (exact) mass is 365 g/mol. The van der Waals surface area contributed by atoms with E-state index < -0.39 is 15.7 Å². The molecule has 0 aliphatic carbocycles. The summed E-state index contributed by atoms with van der Waals surface area (Å²) < 4.78 is 28.4. The number of sulfone groups is 1. The number of aromatic nitrogens is 3. The van der Waals surface area contributed by atoms with Gasteiger partial charge in [-0.25, -0.2) is 18.4 Å². The first-order chi connectivity index (χ1) is 11.9. The number of hydrogen-bond donors (Lipinski definition) is 1. The van der Waals surface area contributed by atoms with Gasteiger partial charge in [-0.15, -0.1) is 0 Å². The largest absolute Gasteiger partial charge is 0.360 e. The van der Waals surface area contributed by atoms with Crippen molar-refractivity contribution in [3.8, 4) is 0 Å². The van der Waals surface area contributed by atoms with E-state index in [0.717, 1.165) is 0 Å². The second-order valence-corrected chi connectivity index (χ2v) is 8.11. The zero-order chi connectivity index (χ0) is 18.0. The predicted molar refractivity (Wildman–Crippen MR) is 91.3 cm³/mol. The van der Waals surface area contributed by atoms with Gasteiger partial charge in [0.2, 0.25) is 0 Å². The Bertz CT molecular complexity index is 880.